The smallest absolute Gasteiger partial charge is 0.410 e. The van der Waals surface area contributed by atoms with Crippen LogP contribution in [0.5, 0.6) is 0 Å². The molecule has 0 atom stereocenters. The molecule has 2 amide bonds. The average molecular weight is 455 g/mol. The molecule has 2 saturated heterocycles. The number of hydrogen-bond acceptors (Lipinski definition) is 4. The fourth-order valence-corrected chi connectivity index (χ4v) is 5.69. The van der Waals surface area contributed by atoms with Crippen LogP contribution in [-0.4, -0.2) is 53.6 Å². The summed E-state index contributed by atoms with van der Waals surface area (Å²) in [4.78, 5) is 31.0. The molecule has 5 nitrogen and oxygen atoms in total. The van der Waals surface area contributed by atoms with Crippen molar-refractivity contribution in [2.45, 2.75) is 64.9 Å². The zero-order chi connectivity index (χ0) is 22.9. The second-order valence-corrected chi connectivity index (χ2v) is 11.0. The van der Waals surface area contributed by atoms with Crippen LogP contribution < -0.4 is 0 Å². The zero-order valence-corrected chi connectivity index (χ0v) is 20.5. The molecule has 0 N–H and O–H groups in total. The minimum absolute atomic E-state index is 0.185. The molecule has 32 heavy (non-hydrogen) atoms. The number of hydrogen-bond donors (Lipinski definition) is 0. The first-order chi connectivity index (χ1) is 15.2. The third-order valence-electron chi connectivity index (χ3n) is 6.32. The van der Waals surface area contributed by atoms with E-state index < -0.39 is 5.60 Å². The summed E-state index contributed by atoms with van der Waals surface area (Å²) in [7, 11) is 0. The molecule has 2 fully saturated rings. The maximum absolute atomic E-state index is 12.8. The lowest BCUT2D eigenvalue weighted by Gasteiger charge is -2.33. The number of benzene rings is 1. The first-order valence-electron chi connectivity index (χ1n) is 11.7. The van der Waals surface area contributed by atoms with Crippen LogP contribution >= 0.6 is 11.3 Å². The van der Waals surface area contributed by atoms with Gasteiger partial charge in [0.05, 0.1) is 4.88 Å². The lowest BCUT2D eigenvalue weighted by molar-refractivity contribution is 0.0204. The van der Waals surface area contributed by atoms with Gasteiger partial charge in [0, 0.05) is 31.1 Å². The number of nitrogens with zero attached hydrogens (tertiary/aromatic N) is 2. The van der Waals surface area contributed by atoms with E-state index >= 15 is 0 Å². The van der Waals surface area contributed by atoms with E-state index in [1.165, 1.54) is 5.56 Å². The molecule has 0 unspecified atom stereocenters. The van der Waals surface area contributed by atoms with E-state index in [-0.39, 0.29) is 12.0 Å². The van der Waals surface area contributed by atoms with E-state index in [9.17, 15) is 9.59 Å². The van der Waals surface area contributed by atoms with Gasteiger partial charge < -0.3 is 14.5 Å². The van der Waals surface area contributed by atoms with Crippen LogP contribution in [0.4, 0.5) is 4.79 Å². The molecule has 172 valence electrons. The second kappa shape index (κ2) is 9.26. The number of piperidine rings is 1. The lowest BCUT2D eigenvalue weighted by atomic mass is 9.89. The van der Waals surface area contributed by atoms with Crippen LogP contribution in [-0.2, 0) is 4.74 Å². The van der Waals surface area contributed by atoms with E-state index in [2.05, 4.69) is 30.3 Å². The molecule has 0 bridgehead atoms. The minimum Gasteiger partial charge on any atom is -0.444 e. The van der Waals surface area contributed by atoms with Crippen LogP contribution in [0.15, 0.2) is 30.3 Å². The average Bonchev–Trinajstić information content (AvgIpc) is 3.42. The van der Waals surface area contributed by atoms with Gasteiger partial charge in [-0.25, -0.2) is 4.79 Å². The first kappa shape index (κ1) is 22.8. The Morgan fingerprint density at radius 3 is 2.19 bits per heavy atom. The van der Waals surface area contributed by atoms with Gasteiger partial charge in [-0.05, 0) is 82.1 Å². The Kier molecular flexibility index (Phi) is 6.61. The van der Waals surface area contributed by atoms with Gasteiger partial charge in [0.1, 0.15) is 5.60 Å². The SMILES string of the molecule is Cc1cc(-c2ccc(C3CCN(C(=O)OC(C)(C)C)CC3)cc2)sc1C(=O)N1CCCC1. The molecule has 0 spiro atoms. The molecule has 4 rings (SSSR count). The molecule has 2 aliphatic heterocycles. The summed E-state index contributed by atoms with van der Waals surface area (Å²) in [6.07, 6.45) is 3.91. The Bertz CT molecular complexity index is 960. The largest absolute Gasteiger partial charge is 0.444 e. The molecule has 1 aromatic carbocycles. The number of thiophene rings is 1. The number of aryl methyl sites for hydroxylation is 1. The van der Waals surface area contributed by atoms with Crippen LogP contribution in [0.3, 0.4) is 0 Å². The zero-order valence-electron chi connectivity index (χ0n) is 19.6. The van der Waals surface area contributed by atoms with Gasteiger partial charge in [0.15, 0.2) is 0 Å². The molecule has 1 aromatic heterocycles. The summed E-state index contributed by atoms with van der Waals surface area (Å²) in [6, 6.07) is 10.9. The molecule has 0 aliphatic carbocycles. The number of carbonyl (C=O) groups excluding carboxylic acids is 2. The summed E-state index contributed by atoms with van der Waals surface area (Å²) in [5.74, 6) is 0.643. The van der Waals surface area contributed by atoms with Crippen molar-refractivity contribution < 1.29 is 14.3 Å². The summed E-state index contributed by atoms with van der Waals surface area (Å²) in [5.41, 5.74) is 3.09. The molecule has 0 radical (unpaired) electrons. The highest BCUT2D eigenvalue weighted by atomic mass is 32.1. The minimum atomic E-state index is -0.455. The topological polar surface area (TPSA) is 49.9 Å². The van der Waals surface area contributed by atoms with Crippen molar-refractivity contribution in [1.29, 1.82) is 0 Å². The summed E-state index contributed by atoms with van der Waals surface area (Å²) in [5, 5.41) is 0. The van der Waals surface area contributed by atoms with E-state index in [4.69, 9.17) is 4.74 Å². The number of likely N-dealkylation sites (tertiary alicyclic amines) is 2. The maximum Gasteiger partial charge on any atom is 0.410 e. The predicted octanol–water partition coefficient (Wildman–Crippen LogP) is 6.07. The van der Waals surface area contributed by atoms with Gasteiger partial charge in [0.2, 0.25) is 0 Å². The van der Waals surface area contributed by atoms with Crippen LogP contribution in [0.2, 0.25) is 0 Å². The molecule has 2 aliphatic rings. The first-order valence-corrected chi connectivity index (χ1v) is 12.5. The quantitative estimate of drug-likeness (QED) is 0.565. The van der Waals surface area contributed by atoms with Gasteiger partial charge in [-0.1, -0.05) is 24.3 Å². The van der Waals surface area contributed by atoms with Crippen molar-refractivity contribution in [3.8, 4) is 10.4 Å². The highest BCUT2D eigenvalue weighted by molar-refractivity contribution is 7.17. The second-order valence-electron chi connectivity index (χ2n) is 9.99. The number of rotatable bonds is 3. The van der Waals surface area contributed by atoms with Crippen molar-refractivity contribution >= 4 is 23.3 Å². The Balaban J connectivity index is 1.38. The number of amides is 2. The standard InChI is InChI=1S/C26H34N2O3S/c1-18-17-22(32-23(18)24(29)27-13-5-6-14-27)21-9-7-19(8-10-21)20-11-15-28(16-12-20)25(30)31-26(2,3)4/h7-10,17,20H,5-6,11-16H2,1-4H3. The third-order valence-corrected chi connectivity index (χ3v) is 7.59. The van der Waals surface area contributed by atoms with Gasteiger partial charge in [-0.2, -0.15) is 0 Å². The van der Waals surface area contributed by atoms with Crippen molar-refractivity contribution in [2.75, 3.05) is 26.2 Å². The van der Waals surface area contributed by atoms with Gasteiger partial charge in [-0.15, -0.1) is 11.3 Å². The summed E-state index contributed by atoms with van der Waals surface area (Å²) < 4.78 is 5.50. The van der Waals surface area contributed by atoms with Crippen LogP contribution in [0.1, 0.15) is 73.2 Å². The highest BCUT2D eigenvalue weighted by Gasteiger charge is 2.28. The Morgan fingerprint density at radius 1 is 0.969 bits per heavy atom. The Morgan fingerprint density at radius 2 is 1.59 bits per heavy atom. The van der Waals surface area contributed by atoms with E-state index in [1.807, 2.05) is 37.5 Å². The number of ether oxygens (including phenoxy) is 1. The monoisotopic (exact) mass is 454 g/mol. The summed E-state index contributed by atoms with van der Waals surface area (Å²) >= 11 is 1.61. The molecule has 3 heterocycles. The van der Waals surface area contributed by atoms with Gasteiger partial charge in [0.25, 0.3) is 5.91 Å². The fourth-order valence-electron chi connectivity index (χ4n) is 4.54. The van der Waals surface area contributed by atoms with Gasteiger partial charge in [-0.3, -0.25) is 4.79 Å². The number of carbonyl (C=O) groups is 2. The van der Waals surface area contributed by atoms with Crippen molar-refractivity contribution in [3.63, 3.8) is 0 Å². The fraction of sp³-hybridized carbons (Fsp3) is 0.538. The molecule has 2 aromatic rings. The molecule has 6 heteroatoms. The lowest BCUT2D eigenvalue weighted by Crippen LogP contribution is -2.41. The molecular weight excluding hydrogens is 420 g/mol. The van der Waals surface area contributed by atoms with E-state index in [0.717, 1.165) is 72.7 Å². The Labute approximate surface area is 195 Å². The van der Waals surface area contributed by atoms with Crippen LogP contribution in [0, 0.1) is 6.92 Å². The van der Waals surface area contributed by atoms with Gasteiger partial charge >= 0.3 is 6.09 Å². The maximum atomic E-state index is 12.8. The summed E-state index contributed by atoms with van der Waals surface area (Å²) in [6.45, 7) is 11.0. The Hall–Kier alpha value is -2.34. The van der Waals surface area contributed by atoms with Crippen molar-refractivity contribution in [2.24, 2.45) is 0 Å². The van der Waals surface area contributed by atoms with Crippen molar-refractivity contribution in [1.82, 2.24) is 9.80 Å². The van der Waals surface area contributed by atoms with Crippen LogP contribution in [0.25, 0.3) is 10.4 Å². The predicted molar refractivity (Wildman–Crippen MR) is 129 cm³/mol. The van der Waals surface area contributed by atoms with E-state index in [0.29, 0.717) is 5.92 Å². The highest BCUT2D eigenvalue weighted by Crippen LogP contribution is 2.35. The third kappa shape index (κ3) is 5.17. The van der Waals surface area contributed by atoms with E-state index in [1.54, 1.807) is 11.3 Å². The molecule has 0 saturated carbocycles. The molecular formula is C26H34N2O3S. The van der Waals surface area contributed by atoms with Crippen molar-refractivity contribution in [3.05, 3.63) is 46.3 Å². The normalized spacial score (nSPS) is 17.6.